The Kier molecular flexibility index (Phi) is 2.17. The molecule has 2 aromatic heterocycles. The van der Waals surface area contributed by atoms with Crippen molar-refractivity contribution in [3.8, 4) is 11.6 Å². The summed E-state index contributed by atoms with van der Waals surface area (Å²) in [6.45, 7) is 0. The lowest BCUT2D eigenvalue weighted by Gasteiger charge is -2.05. The number of aromatic nitrogens is 3. The average molecular weight is 205 g/mol. The van der Waals surface area contributed by atoms with Gasteiger partial charge in [-0.15, -0.1) is 0 Å². The van der Waals surface area contributed by atoms with Crippen molar-refractivity contribution in [1.29, 1.82) is 0 Å². The van der Waals surface area contributed by atoms with E-state index in [1.54, 1.807) is 0 Å². The van der Waals surface area contributed by atoms with Crippen LogP contribution in [0, 0.1) is 0 Å². The highest BCUT2D eigenvalue weighted by atomic mass is 16.3. The first-order valence-electron chi connectivity index (χ1n) is 4.19. The van der Waals surface area contributed by atoms with Gasteiger partial charge in [0.25, 0.3) is 0 Å². The van der Waals surface area contributed by atoms with Crippen LogP contribution in [0.15, 0.2) is 12.4 Å². The second-order valence-corrected chi connectivity index (χ2v) is 2.86. The third-order valence-corrected chi connectivity index (χ3v) is 1.96. The first kappa shape index (κ1) is 9.32. The Morgan fingerprint density at radius 2 is 2.00 bits per heavy atom. The predicted octanol–water partition coefficient (Wildman–Crippen LogP) is 0.177. The molecule has 76 valence electrons. The van der Waals surface area contributed by atoms with E-state index >= 15 is 0 Å². The highest BCUT2D eigenvalue weighted by Gasteiger charge is 2.14. The Labute approximate surface area is 84.3 Å². The number of aromatic hydroxyl groups is 2. The van der Waals surface area contributed by atoms with Crippen molar-refractivity contribution in [2.24, 2.45) is 0 Å². The summed E-state index contributed by atoms with van der Waals surface area (Å²) < 4.78 is 0. The van der Waals surface area contributed by atoms with Crippen LogP contribution in [0.5, 0.6) is 11.6 Å². The molecule has 6 heteroatoms. The Bertz CT molecular complexity index is 527. The zero-order valence-electron chi connectivity index (χ0n) is 7.58. The first-order chi connectivity index (χ1) is 7.24. The molecule has 0 amide bonds. The van der Waals surface area contributed by atoms with Crippen LogP contribution in [0.4, 0.5) is 0 Å². The van der Waals surface area contributed by atoms with Crippen molar-refractivity contribution >= 4 is 17.5 Å². The quantitative estimate of drug-likeness (QED) is 0.679. The molecular formula is C9H7N3O3. The summed E-state index contributed by atoms with van der Waals surface area (Å²) in [4.78, 5) is 21.7. The van der Waals surface area contributed by atoms with Gasteiger partial charge in [0.1, 0.15) is 11.8 Å². The maximum atomic E-state index is 10.3. The molecule has 2 N–H and O–H groups in total. The van der Waals surface area contributed by atoms with Gasteiger partial charge in [-0.3, -0.25) is 0 Å². The molecule has 0 aliphatic heterocycles. The first-order valence-corrected chi connectivity index (χ1v) is 4.19. The number of hydrogen-bond donors (Lipinski definition) is 2. The SMILES string of the molecule is O=CCc1c(O)nc2nccnc2c1O. The lowest BCUT2D eigenvalue weighted by atomic mass is 10.2. The number of pyridine rings is 1. The monoisotopic (exact) mass is 205 g/mol. The predicted molar refractivity (Wildman–Crippen MR) is 50.4 cm³/mol. The van der Waals surface area contributed by atoms with Crippen molar-refractivity contribution in [3.05, 3.63) is 18.0 Å². The summed E-state index contributed by atoms with van der Waals surface area (Å²) in [5.74, 6) is -0.648. The Balaban J connectivity index is 2.77. The van der Waals surface area contributed by atoms with Crippen LogP contribution < -0.4 is 0 Å². The van der Waals surface area contributed by atoms with Crippen LogP contribution in [-0.4, -0.2) is 31.5 Å². The van der Waals surface area contributed by atoms with Gasteiger partial charge in [-0.05, 0) is 0 Å². The molecule has 0 spiro atoms. The normalized spacial score (nSPS) is 10.4. The van der Waals surface area contributed by atoms with E-state index in [1.165, 1.54) is 12.4 Å². The molecule has 2 rings (SSSR count). The molecule has 0 atom stereocenters. The summed E-state index contributed by atoms with van der Waals surface area (Å²) in [5.41, 5.74) is 0.382. The van der Waals surface area contributed by atoms with Gasteiger partial charge in [0.05, 0.1) is 5.56 Å². The van der Waals surface area contributed by atoms with Crippen molar-refractivity contribution in [2.45, 2.75) is 6.42 Å². The van der Waals surface area contributed by atoms with Crippen molar-refractivity contribution < 1.29 is 15.0 Å². The van der Waals surface area contributed by atoms with Gasteiger partial charge in [-0.2, -0.15) is 4.98 Å². The Morgan fingerprint density at radius 3 is 2.73 bits per heavy atom. The largest absolute Gasteiger partial charge is 0.505 e. The van der Waals surface area contributed by atoms with E-state index in [-0.39, 0.29) is 28.9 Å². The molecule has 2 heterocycles. The Morgan fingerprint density at radius 1 is 1.27 bits per heavy atom. The Hall–Kier alpha value is -2.24. The molecule has 0 saturated carbocycles. The minimum absolute atomic E-state index is 0.0676. The zero-order chi connectivity index (χ0) is 10.8. The van der Waals surface area contributed by atoms with Crippen molar-refractivity contribution in [3.63, 3.8) is 0 Å². The van der Waals surface area contributed by atoms with E-state index < -0.39 is 5.88 Å². The van der Waals surface area contributed by atoms with Gasteiger partial charge in [-0.1, -0.05) is 0 Å². The smallest absolute Gasteiger partial charge is 0.220 e. The maximum Gasteiger partial charge on any atom is 0.220 e. The summed E-state index contributed by atoms with van der Waals surface area (Å²) in [6, 6.07) is 0. The van der Waals surface area contributed by atoms with Gasteiger partial charge in [0, 0.05) is 18.8 Å². The fourth-order valence-electron chi connectivity index (χ4n) is 1.27. The molecule has 0 fully saturated rings. The third kappa shape index (κ3) is 1.45. The molecule has 0 aliphatic rings. The van der Waals surface area contributed by atoms with Gasteiger partial charge in [-0.25, -0.2) is 9.97 Å². The summed E-state index contributed by atoms with van der Waals surface area (Å²) in [5, 5.41) is 19.1. The number of carbonyl (C=O) groups is 1. The fourth-order valence-corrected chi connectivity index (χ4v) is 1.27. The second-order valence-electron chi connectivity index (χ2n) is 2.86. The minimum atomic E-state index is -0.396. The van der Waals surface area contributed by atoms with Crippen molar-refractivity contribution in [1.82, 2.24) is 15.0 Å². The van der Waals surface area contributed by atoms with Gasteiger partial charge in [0.15, 0.2) is 11.4 Å². The van der Waals surface area contributed by atoms with Gasteiger partial charge in [0.2, 0.25) is 5.88 Å². The standard InChI is InChI=1S/C9H7N3O3/c13-4-1-5-7(14)6-8(12-9(5)15)11-3-2-10-6/h2-4H,1H2,(H2,11,12,14,15). The molecule has 0 bridgehead atoms. The van der Waals surface area contributed by atoms with Crippen molar-refractivity contribution in [2.75, 3.05) is 0 Å². The zero-order valence-corrected chi connectivity index (χ0v) is 7.58. The molecular weight excluding hydrogens is 198 g/mol. The molecule has 0 saturated heterocycles. The molecule has 2 aromatic rings. The van der Waals surface area contributed by atoms with Crippen LogP contribution in [0.25, 0.3) is 11.2 Å². The van der Waals surface area contributed by atoms with Gasteiger partial charge < -0.3 is 15.0 Å². The summed E-state index contributed by atoms with van der Waals surface area (Å²) in [6.07, 6.45) is 3.24. The number of rotatable bonds is 2. The van der Waals surface area contributed by atoms with E-state index in [0.717, 1.165) is 0 Å². The highest BCUT2D eigenvalue weighted by molar-refractivity contribution is 5.81. The maximum absolute atomic E-state index is 10.3. The van der Waals surface area contributed by atoms with Gasteiger partial charge >= 0.3 is 0 Å². The molecule has 0 radical (unpaired) electrons. The minimum Gasteiger partial charge on any atom is -0.505 e. The third-order valence-electron chi connectivity index (χ3n) is 1.96. The lowest BCUT2D eigenvalue weighted by molar-refractivity contribution is -0.107. The summed E-state index contributed by atoms with van der Waals surface area (Å²) >= 11 is 0. The number of hydrogen-bond acceptors (Lipinski definition) is 6. The average Bonchev–Trinajstić information content (AvgIpc) is 2.24. The van der Waals surface area contributed by atoms with E-state index in [2.05, 4.69) is 15.0 Å². The fraction of sp³-hybridized carbons (Fsp3) is 0.111. The lowest BCUT2D eigenvalue weighted by Crippen LogP contribution is -1.95. The summed E-state index contributed by atoms with van der Waals surface area (Å²) in [7, 11) is 0. The number of carbonyl (C=O) groups excluding carboxylic acids is 1. The van der Waals surface area contributed by atoms with E-state index in [9.17, 15) is 15.0 Å². The molecule has 0 unspecified atom stereocenters. The van der Waals surface area contributed by atoms with E-state index in [0.29, 0.717) is 6.29 Å². The molecule has 0 aliphatic carbocycles. The molecule has 6 nitrogen and oxygen atoms in total. The number of aldehydes is 1. The van der Waals surface area contributed by atoms with Crippen LogP contribution in [-0.2, 0) is 11.2 Å². The van der Waals surface area contributed by atoms with Crippen LogP contribution in [0.2, 0.25) is 0 Å². The van der Waals surface area contributed by atoms with Crippen LogP contribution >= 0.6 is 0 Å². The van der Waals surface area contributed by atoms with E-state index in [4.69, 9.17) is 0 Å². The highest BCUT2D eigenvalue weighted by Crippen LogP contribution is 2.30. The molecule has 0 aromatic carbocycles. The molecule has 15 heavy (non-hydrogen) atoms. The second kappa shape index (κ2) is 3.49. The number of fused-ring (bicyclic) bond motifs is 1. The van der Waals surface area contributed by atoms with Crippen LogP contribution in [0.1, 0.15) is 5.56 Å². The van der Waals surface area contributed by atoms with E-state index in [1.807, 2.05) is 0 Å². The van der Waals surface area contributed by atoms with Crippen LogP contribution in [0.3, 0.4) is 0 Å². The topological polar surface area (TPSA) is 96.2 Å². The number of nitrogens with zero attached hydrogens (tertiary/aromatic N) is 3.